The molecule has 0 saturated heterocycles. The van der Waals surface area contributed by atoms with Crippen molar-refractivity contribution < 1.29 is 9.72 Å². The SMILES string of the molecule is CCN1c2ccc(C(c3ccc([N+](=O)[O-])cc3)n3cncn3)cc2SC1C=O. The third-order valence-corrected chi connectivity index (χ3v) is 5.93. The lowest BCUT2D eigenvalue weighted by Crippen LogP contribution is -2.29. The number of nitrogens with zero attached hydrogens (tertiary/aromatic N) is 5. The average Bonchev–Trinajstić information content (AvgIpc) is 3.35. The van der Waals surface area contributed by atoms with Crippen molar-refractivity contribution in [2.24, 2.45) is 0 Å². The lowest BCUT2D eigenvalue weighted by Gasteiger charge is -2.21. The molecule has 2 unspecified atom stereocenters. The summed E-state index contributed by atoms with van der Waals surface area (Å²) in [4.78, 5) is 29.1. The predicted octanol–water partition coefficient (Wildman–Crippen LogP) is 3.28. The van der Waals surface area contributed by atoms with Gasteiger partial charge in [0.15, 0.2) is 6.29 Å². The minimum atomic E-state index is -0.417. The summed E-state index contributed by atoms with van der Waals surface area (Å²) in [5.74, 6) is 0. The fraction of sp³-hybridized carbons (Fsp3) is 0.211. The van der Waals surface area contributed by atoms with Gasteiger partial charge in [-0.2, -0.15) is 5.10 Å². The molecule has 0 bridgehead atoms. The van der Waals surface area contributed by atoms with Crippen LogP contribution in [0.5, 0.6) is 0 Å². The van der Waals surface area contributed by atoms with Gasteiger partial charge in [-0.3, -0.25) is 10.1 Å². The molecule has 1 aromatic heterocycles. The first-order valence-corrected chi connectivity index (χ1v) is 9.61. The quantitative estimate of drug-likeness (QED) is 0.359. The van der Waals surface area contributed by atoms with Crippen LogP contribution >= 0.6 is 11.8 Å². The van der Waals surface area contributed by atoms with Gasteiger partial charge in [-0.25, -0.2) is 9.67 Å². The number of carbonyl (C=O) groups is 1. The van der Waals surface area contributed by atoms with Crippen LogP contribution in [0.4, 0.5) is 11.4 Å². The highest BCUT2D eigenvalue weighted by molar-refractivity contribution is 8.01. The van der Waals surface area contributed by atoms with Gasteiger partial charge in [0.2, 0.25) is 0 Å². The number of nitro groups is 1. The van der Waals surface area contributed by atoms with Crippen LogP contribution in [0.3, 0.4) is 0 Å². The summed E-state index contributed by atoms with van der Waals surface area (Å²) in [7, 11) is 0. The summed E-state index contributed by atoms with van der Waals surface area (Å²) in [5.41, 5.74) is 2.90. The molecular formula is C19H17N5O3S. The van der Waals surface area contributed by atoms with Crippen molar-refractivity contribution in [1.29, 1.82) is 0 Å². The molecule has 0 fully saturated rings. The smallest absolute Gasteiger partial charge is 0.269 e. The topological polar surface area (TPSA) is 94.2 Å². The number of aromatic nitrogens is 3. The van der Waals surface area contributed by atoms with E-state index in [0.717, 1.165) is 34.5 Å². The Morgan fingerprint density at radius 2 is 2.00 bits per heavy atom. The number of hydrogen-bond acceptors (Lipinski definition) is 7. The maximum Gasteiger partial charge on any atom is 0.269 e. The first-order valence-electron chi connectivity index (χ1n) is 8.73. The normalized spacial score (nSPS) is 16.6. The first kappa shape index (κ1) is 18.2. The molecule has 8 nitrogen and oxygen atoms in total. The van der Waals surface area contributed by atoms with E-state index in [4.69, 9.17) is 0 Å². The third-order valence-electron chi connectivity index (χ3n) is 4.74. The van der Waals surface area contributed by atoms with E-state index in [1.54, 1.807) is 23.1 Å². The van der Waals surface area contributed by atoms with Gasteiger partial charge in [0, 0.05) is 23.6 Å². The summed E-state index contributed by atoms with van der Waals surface area (Å²) in [6.07, 6.45) is 4.04. The van der Waals surface area contributed by atoms with Crippen LogP contribution in [0, 0.1) is 10.1 Å². The number of aldehydes is 1. The van der Waals surface area contributed by atoms with E-state index in [0.29, 0.717) is 0 Å². The van der Waals surface area contributed by atoms with Gasteiger partial charge >= 0.3 is 0 Å². The minimum Gasteiger partial charge on any atom is -0.352 e. The molecule has 0 amide bonds. The second-order valence-corrected chi connectivity index (χ2v) is 7.44. The van der Waals surface area contributed by atoms with Crippen LogP contribution in [0.15, 0.2) is 60.0 Å². The van der Waals surface area contributed by atoms with Crippen molar-refractivity contribution in [3.05, 3.63) is 76.4 Å². The van der Waals surface area contributed by atoms with Crippen molar-refractivity contribution in [1.82, 2.24) is 14.8 Å². The van der Waals surface area contributed by atoms with E-state index in [1.807, 2.05) is 19.1 Å². The molecule has 2 atom stereocenters. The number of anilines is 1. The van der Waals surface area contributed by atoms with Crippen molar-refractivity contribution in [2.45, 2.75) is 23.2 Å². The van der Waals surface area contributed by atoms with Crippen molar-refractivity contribution in [3.8, 4) is 0 Å². The molecular weight excluding hydrogens is 378 g/mol. The van der Waals surface area contributed by atoms with E-state index in [2.05, 4.69) is 21.0 Å². The highest BCUT2D eigenvalue weighted by atomic mass is 32.2. The highest BCUT2D eigenvalue weighted by Crippen LogP contribution is 2.44. The van der Waals surface area contributed by atoms with Crippen LogP contribution in [0.2, 0.25) is 0 Å². The molecule has 0 saturated carbocycles. The third kappa shape index (κ3) is 3.13. The molecule has 2 heterocycles. The van der Waals surface area contributed by atoms with E-state index in [-0.39, 0.29) is 17.1 Å². The summed E-state index contributed by atoms with van der Waals surface area (Å²) < 4.78 is 1.72. The minimum absolute atomic E-state index is 0.0398. The van der Waals surface area contributed by atoms with Crippen LogP contribution in [0.1, 0.15) is 24.1 Å². The molecule has 0 spiro atoms. The van der Waals surface area contributed by atoms with E-state index >= 15 is 0 Å². The highest BCUT2D eigenvalue weighted by Gasteiger charge is 2.30. The summed E-state index contributed by atoms with van der Waals surface area (Å²) in [6, 6.07) is 12.2. The summed E-state index contributed by atoms with van der Waals surface area (Å²) >= 11 is 1.52. The number of fused-ring (bicyclic) bond motifs is 1. The number of nitro benzene ring substituents is 1. The fourth-order valence-corrected chi connectivity index (χ4v) is 4.66. The monoisotopic (exact) mass is 395 g/mol. The van der Waals surface area contributed by atoms with Gasteiger partial charge in [-0.05, 0) is 42.3 Å². The lowest BCUT2D eigenvalue weighted by atomic mass is 9.98. The predicted molar refractivity (Wildman–Crippen MR) is 106 cm³/mol. The number of carbonyl (C=O) groups excluding carboxylic acids is 1. The maximum absolute atomic E-state index is 11.4. The molecule has 0 radical (unpaired) electrons. The van der Waals surface area contributed by atoms with Crippen molar-refractivity contribution >= 4 is 29.4 Å². The van der Waals surface area contributed by atoms with Crippen LogP contribution < -0.4 is 4.90 Å². The number of thioether (sulfide) groups is 1. The first-order chi connectivity index (χ1) is 13.6. The van der Waals surface area contributed by atoms with Gasteiger partial charge in [0.05, 0.1) is 10.6 Å². The number of hydrogen-bond donors (Lipinski definition) is 0. The van der Waals surface area contributed by atoms with Gasteiger partial charge in [0.25, 0.3) is 5.69 Å². The second kappa shape index (κ2) is 7.43. The standard InChI is InChI=1S/C19H17N5O3S/c1-2-22-16-8-5-14(9-17(16)28-18(22)10-25)19(23-12-20-11-21-23)13-3-6-15(7-4-13)24(26)27/h3-12,18-19H,2H2,1H3. The van der Waals surface area contributed by atoms with Crippen molar-refractivity contribution in [2.75, 3.05) is 11.4 Å². The van der Waals surface area contributed by atoms with Crippen molar-refractivity contribution in [3.63, 3.8) is 0 Å². The Morgan fingerprint density at radius 3 is 2.61 bits per heavy atom. The number of non-ortho nitro benzene ring substituents is 1. The Bertz CT molecular complexity index is 1010. The molecule has 2 aromatic carbocycles. The Labute approximate surface area is 165 Å². The van der Waals surface area contributed by atoms with Gasteiger partial charge in [-0.1, -0.05) is 17.8 Å². The molecule has 1 aliphatic rings. The van der Waals surface area contributed by atoms with E-state index in [9.17, 15) is 14.9 Å². The average molecular weight is 395 g/mol. The van der Waals surface area contributed by atoms with Crippen LogP contribution in [0.25, 0.3) is 0 Å². The Balaban J connectivity index is 1.77. The maximum atomic E-state index is 11.4. The fourth-order valence-electron chi connectivity index (χ4n) is 3.44. The zero-order valence-corrected chi connectivity index (χ0v) is 15.8. The van der Waals surface area contributed by atoms with Gasteiger partial charge in [0.1, 0.15) is 24.1 Å². The number of benzene rings is 2. The summed E-state index contributed by atoms with van der Waals surface area (Å²) in [6.45, 7) is 2.77. The molecule has 142 valence electrons. The van der Waals surface area contributed by atoms with E-state index in [1.165, 1.54) is 30.2 Å². The molecule has 4 rings (SSSR count). The zero-order valence-electron chi connectivity index (χ0n) is 15.0. The largest absolute Gasteiger partial charge is 0.352 e. The summed E-state index contributed by atoms with van der Waals surface area (Å²) in [5, 5.41) is 15.0. The van der Waals surface area contributed by atoms with Crippen LogP contribution in [-0.2, 0) is 4.79 Å². The Hall–Kier alpha value is -3.20. The van der Waals surface area contributed by atoms with E-state index < -0.39 is 4.92 Å². The van der Waals surface area contributed by atoms with Gasteiger partial charge in [-0.15, -0.1) is 0 Å². The zero-order chi connectivity index (χ0) is 19.7. The Morgan fingerprint density at radius 1 is 1.25 bits per heavy atom. The molecule has 0 aliphatic carbocycles. The Kier molecular flexibility index (Phi) is 4.82. The van der Waals surface area contributed by atoms with Gasteiger partial charge < -0.3 is 9.69 Å². The molecule has 9 heteroatoms. The molecule has 28 heavy (non-hydrogen) atoms. The lowest BCUT2D eigenvalue weighted by molar-refractivity contribution is -0.384. The number of rotatable bonds is 6. The molecule has 1 aliphatic heterocycles. The molecule has 3 aromatic rings. The second-order valence-electron chi connectivity index (χ2n) is 6.28. The molecule has 0 N–H and O–H groups in total. The van der Waals surface area contributed by atoms with Crippen LogP contribution in [-0.4, -0.2) is 37.9 Å². The number of likely N-dealkylation sites (N-methyl/N-ethyl adjacent to an activating group) is 1.